The third-order valence-electron chi connectivity index (χ3n) is 4.17. The van der Waals surface area contributed by atoms with Gasteiger partial charge in [0.2, 0.25) is 5.91 Å². The Labute approximate surface area is 141 Å². The van der Waals surface area contributed by atoms with Crippen LogP contribution < -0.4 is 14.9 Å². The van der Waals surface area contributed by atoms with E-state index in [0.717, 1.165) is 12.0 Å². The summed E-state index contributed by atoms with van der Waals surface area (Å²) in [4.78, 5) is 12.2. The molecule has 0 heterocycles. The lowest BCUT2D eigenvalue weighted by Crippen LogP contribution is -2.20. The number of hydrogen-bond acceptors (Lipinski definition) is 4. The average Bonchev–Trinajstić information content (AvgIpc) is 3.43. The maximum atomic E-state index is 12.2. The molecule has 0 aromatic heterocycles. The minimum atomic E-state index is -0.0537. The topological polar surface area (TPSA) is 59.9 Å². The van der Waals surface area contributed by atoms with E-state index in [9.17, 15) is 4.79 Å². The zero-order valence-corrected chi connectivity index (χ0v) is 13.7. The Morgan fingerprint density at radius 2 is 1.92 bits per heavy atom. The fraction of sp³-hybridized carbons (Fsp3) is 0.263. The van der Waals surface area contributed by atoms with Crippen molar-refractivity contribution in [2.24, 2.45) is 11.0 Å². The van der Waals surface area contributed by atoms with Crippen molar-refractivity contribution in [3.05, 3.63) is 59.7 Å². The van der Waals surface area contributed by atoms with E-state index in [4.69, 9.17) is 9.47 Å². The number of hydrazone groups is 1. The van der Waals surface area contributed by atoms with Crippen molar-refractivity contribution in [3.8, 4) is 11.5 Å². The van der Waals surface area contributed by atoms with Gasteiger partial charge in [-0.1, -0.05) is 36.4 Å². The van der Waals surface area contributed by atoms with Gasteiger partial charge in [-0.3, -0.25) is 4.79 Å². The maximum Gasteiger partial charge on any atom is 0.243 e. The molecule has 2 aromatic rings. The van der Waals surface area contributed by atoms with Gasteiger partial charge in [0.05, 0.1) is 20.4 Å². The second-order valence-corrected chi connectivity index (χ2v) is 5.68. The maximum absolute atomic E-state index is 12.2. The van der Waals surface area contributed by atoms with Gasteiger partial charge in [0.15, 0.2) is 11.5 Å². The van der Waals surface area contributed by atoms with E-state index in [-0.39, 0.29) is 11.8 Å². The Kier molecular flexibility index (Phi) is 4.79. The van der Waals surface area contributed by atoms with Crippen LogP contribution in [-0.2, 0) is 4.79 Å². The van der Waals surface area contributed by atoms with Gasteiger partial charge in [0, 0.05) is 11.5 Å². The number of ether oxygens (including phenoxy) is 2. The first-order chi connectivity index (χ1) is 11.7. The Bertz CT molecular complexity index is 744. The molecule has 1 fully saturated rings. The number of nitrogens with one attached hydrogen (secondary N) is 1. The highest BCUT2D eigenvalue weighted by Gasteiger charge is 2.43. The zero-order chi connectivity index (χ0) is 16.9. The van der Waals surface area contributed by atoms with Gasteiger partial charge in [0.1, 0.15) is 0 Å². The van der Waals surface area contributed by atoms with Gasteiger partial charge < -0.3 is 9.47 Å². The molecular formula is C19H20N2O3. The van der Waals surface area contributed by atoms with Crippen molar-refractivity contribution in [1.29, 1.82) is 0 Å². The highest BCUT2D eigenvalue weighted by atomic mass is 16.5. The lowest BCUT2D eigenvalue weighted by Gasteiger charge is -2.09. The fourth-order valence-corrected chi connectivity index (χ4v) is 2.82. The Balaban J connectivity index is 1.61. The quantitative estimate of drug-likeness (QED) is 0.656. The third-order valence-corrected chi connectivity index (χ3v) is 4.17. The Morgan fingerprint density at radius 1 is 1.12 bits per heavy atom. The Hall–Kier alpha value is -2.82. The highest BCUT2D eigenvalue weighted by Crippen LogP contribution is 2.47. The smallest absolute Gasteiger partial charge is 0.243 e. The molecule has 2 aromatic carbocycles. The first-order valence-corrected chi connectivity index (χ1v) is 7.83. The number of nitrogens with zero attached hydrogens (tertiary/aromatic N) is 1. The van der Waals surface area contributed by atoms with Gasteiger partial charge in [-0.2, -0.15) is 5.10 Å². The molecule has 24 heavy (non-hydrogen) atoms. The number of amides is 1. The van der Waals surface area contributed by atoms with Crippen LogP contribution in [-0.4, -0.2) is 26.3 Å². The number of rotatable bonds is 6. The molecule has 1 amide bonds. The summed E-state index contributed by atoms with van der Waals surface area (Å²) in [5, 5.41) is 4.05. The van der Waals surface area contributed by atoms with Crippen molar-refractivity contribution >= 4 is 12.1 Å². The highest BCUT2D eigenvalue weighted by molar-refractivity contribution is 5.88. The van der Waals surface area contributed by atoms with E-state index < -0.39 is 0 Å². The van der Waals surface area contributed by atoms with Crippen LogP contribution in [0.25, 0.3) is 0 Å². The van der Waals surface area contributed by atoms with Crippen LogP contribution >= 0.6 is 0 Å². The molecular weight excluding hydrogens is 304 g/mol. The van der Waals surface area contributed by atoms with Crippen molar-refractivity contribution in [2.75, 3.05) is 14.2 Å². The predicted octanol–water partition coefficient (Wildman–Crippen LogP) is 2.96. The second-order valence-electron chi connectivity index (χ2n) is 5.68. The van der Waals surface area contributed by atoms with Gasteiger partial charge in [-0.05, 0) is 30.0 Å². The summed E-state index contributed by atoms with van der Waals surface area (Å²) in [6.45, 7) is 0. The van der Waals surface area contributed by atoms with Gasteiger partial charge >= 0.3 is 0 Å². The van der Waals surface area contributed by atoms with Crippen LogP contribution in [0.1, 0.15) is 23.5 Å². The SMILES string of the molecule is COc1cccc(/C=N\NC(=O)[C@H]2C[C@@H]2c2ccccc2)c1OC. The summed E-state index contributed by atoms with van der Waals surface area (Å²) >= 11 is 0. The molecule has 0 bridgehead atoms. The second kappa shape index (κ2) is 7.17. The lowest BCUT2D eigenvalue weighted by molar-refractivity contribution is -0.122. The number of carbonyl (C=O) groups excluding carboxylic acids is 1. The summed E-state index contributed by atoms with van der Waals surface area (Å²) in [5.41, 5.74) is 4.56. The number of methoxy groups -OCH3 is 2. The van der Waals surface area contributed by atoms with E-state index >= 15 is 0 Å². The van der Waals surface area contributed by atoms with Crippen molar-refractivity contribution < 1.29 is 14.3 Å². The van der Waals surface area contributed by atoms with E-state index in [1.54, 1.807) is 20.4 Å². The molecule has 0 saturated heterocycles. The molecule has 1 aliphatic carbocycles. The molecule has 0 aliphatic heterocycles. The van der Waals surface area contributed by atoms with Crippen LogP contribution in [0.4, 0.5) is 0 Å². The van der Waals surface area contributed by atoms with Crippen LogP contribution in [0.15, 0.2) is 53.6 Å². The van der Waals surface area contributed by atoms with Crippen LogP contribution in [0, 0.1) is 5.92 Å². The molecule has 3 rings (SSSR count). The summed E-state index contributed by atoms with van der Waals surface area (Å²) in [5.74, 6) is 1.46. The molecule has 1 saturated carbocycles. The molecule has 5 nitrogen and oxygen atoms in total. The van der Waals surface area contributed by atoms with E-state index in [1.807, 2.05) is 36.4 Å². The average molecular weight is 324 g/mol. The summed E-state index contributed by atoms with van der Waals surface area (Å²) in [7, 11) is 3.15. The molecule has 0 radical (unpaired) electrons. The molecule has 0 spiro atoms. The van der Waals surface area contributed by atoms with Gasteiger partial charge in [-0.25, -0.2) is 5.43 Å². The lowest BCUT2D eigenvalue weighted by atomic mass is 10.1. The molecule has 2 atom stereocenters. The van der Waals surface area contributed by atoms with Crippen LogP contribution in [0.5, 0.6) is 11.5 Å². The molecule has 124 valence electrons. The van der Waals surface area contributed by atoms with Crippen molar-refractivity contribution in [2.45, 2.75) is 12.3 Å². The standard InChI is InChI=1S/C19H20N2O3/c1-23-17-10-6-9-14(18(17)24-2)12-20-21-19(22)16-11-15(16)13-7-4-3-5-8-13/h3-10,12,15-16H,11H2,1-2H3,(H,21,22)/b20-12-/t15-,16+/m1/s1. The molecule has 1 aliphatic rings. The normalized spacial score (nSPS) is 19.1. The largest absolute Gasteiger partial charge is 0.493 e. The van der Waals surface area contributed by atoms with Gasteiger partial charge in [0.25, 0.3) is 0 Å². The van der Waals surface area contributed by atoms with Crippen LogP contribution in [0.2, 0.25) is 0 Å². The number of hydrogen-bond donors (Lipinski definition) is 1. The monoisotopic (exact) mass is 324 g/mol. The first kappa shape index (κ1) is 16.1. The number of para-hydroxylation sites is 1. The summed E-state index contributed by atoms with van der Waals surface area (Å²) in [6, 6.07) is 15.6. The molecule has 0 unspecified atom stereocenters. The Morgan fingerprint density at radius 3 is 2.62 bits per heavy atom. The third kappa shape index (κ3) is 3.40. The van der Waals surface area contributed by atoms with E-state index in [2.05, 4.69) is 22.7 Å². The number of benzene rings is 2. The number of carbonyl (C=O) groups is 1. The fourth-order valence-electron chi connectivity index (χ4n) is 2.82. The van der Waals surface area contributed by atoms with E-state index in [1.165, 1.54) is 5.56 Å². The molecule has 5 heteroatoms. The van der Waals surface area contributed by atoms with Crippen molar-refractivity contribution in [3.63, 3.8) is 0 Å². The van der Waals surface area contributed by atoms with Crippen LogP contribution in [0.3, 0.4) is 0 Å². The van der Waals surface area contributed by atoms with E-state index in [0.29, 0.717) is 17.4 Å². The minimum absolute atomic E-state index is 0.00300. The zero-order valence-electron chi connectivity index (χ0n) is 13.7. The first-order valence-electron chi connectivity index (χ1n) is 7.83. The predicted molar refractivity (Wildman–Crippen MR) is 92.6 cm³/mol. The van der Waals surface area contributed by atoms with Crippen molar-refractivity contribution in [1.82, 2.24) is 5.43 Å². The minimum Gasteiger partial charge on any atom is -0.493 e. The summed E-state index contributed by atoms with van der Waals surface area (Å²) < 4.78 is 10.6. The van der Waals surface area contributed by atoms with Gasteiger partial charge in [-0.15, -0.1) is 0 Å². The molecule has 1 N–H and O–H groups in total. The summed E-state index contributed by atoms with van der Waals surface area (Å²) in [6.07, 6.45) is 2.44.